The first-order chi connectivity index (χ1) is 5.66. The minimum absolute atomic E-state index is 0.193. The van der Waals surface area contributed by atoms with Gasteiger partial charge in [0.15, 0.2) is 0 Å². The van der Waals surface area contributed by atoms with Crippen molar-refractivity contribution >= 4 is 5.78 Å². The van der Waals surface area contributed by atoms with E-state index in [1.54, 1.807) is 0 Å². The Balaban J connectivity index is 2.58. The summed E-state index contributed by atoms with van der Waals surface area (Å²) in [5, 5.41) is 0. The van der Waals surface area contributed by atoms with Crippen LogP contribution in [0.5, 0.6) is 0 Å². The zero-order valence-electron chi connectivity index (χ0n) is 7.92. The Hall–Kier alpha value is -0.630. The molecule has 0 saturated carbocycles. The molecule has 2 atom stereocenters. The molecule has 0 spiro atoms. The highest BCUT2D eigenvalue weighted by atomic mass is 16.1. The quantitative estimate of drug-likeness (QED) is 0.580. The molecule has 2 nitrogen and oxygen atoms in total. The first kappa shape index (κ1) is 9.46. The highest BCUT2D eigenvalue weighted by Crippen LogP contribution is 2.19. The summed E-state index contributed by atoms with van der Waals surface area (Å²) in [6, 6.07) is 0.379. The zero-order valence-corrected chi connectivity index (χ0v) is 7.92. The van der Waals surface area contributed by atoms with Crippen molar-refractivity contribution in [1.82, 2.24) is 4.90 Å². The van der Waals surface area contributed by atoms with Gasteiger partial charge in [-0.1, -0.05) is 13.0 Å². The molecule has 1 fully saturated rings. The number of nitrogens with zero attached hydrogens (tertiary/aromatic N) is 1. The van der Waals surface area contributed by atoms with Gasteiger partial charge >= 0.3 is 0 Å². The molecular weight excluding hydrogens is 150 g/mol. The molecule has 1 saturated heterocycles. The Kier molecular flexibility index (Phi) is 3.04. The molecule has 2 heteroatoms. The van der Waals surface area contributed by atoms with E-state index in [4.69, 9.17) is 0 Å². The van der Waals surface area contributed by atoms with Crippen LogP contribution in [0, 0.1) is 5.92 Å². The van der Waals surface area contributed by atoms with E-state index >= 15 is 0 Å². The van der Waals surface area contributed by atoms with Crippen molar-refractivity contribution in [3.63, 3.8) is 0 Å². The first-order valence-electron chi connectivity index (χ1n) is 4.54. The molecule has 1 aliphatic heterocycles. The van der Waals surface area contributed by atoms with Crippen LogP contribution in [0.15, 0.2) is 12.7 Å². The van der Waals surface area contributed by atoms with Crippen molar-refractivity contribution in [2.24, 2.45) is 5.92 Å². The van der Waals surface area contributed by atoms with Crippen molar-refractivity contribution in [3.05, 3.63) is 12.7 Å². The monoisotopic (exact) mass is 167 g/mol. The Bertz CT molecular complexity index is 188. The summed E-state index contributed by atoms with van der Waals surface area (Å²) >= 11 is 0. The fourth-order valence-corrected chi connectivity index (χ4v) is 1.69. The number of piperidine rings is 1. The molecule has 0 amide bonds. The van der Waals surface area contributed by atoms with Crippen molar-refractivity contribution < 1.29 is 4.79 Å². The van der Waals surface area contributed by atoms with Gasteiger partial charge in [0.05, 0.1) is 0 Å². The molecule has 0 aromatic carbocycles. The number of likely N-dealkylation sites (tertiary alicyclic amines) is 1. The minimum atomic E-state index is 0.193. The smallest absolute Gasteiger partial charge is 0.138 e. The molecule has 0 aliphatic carbocycles. The van der Waals surface area contributed by atoms with Gasteiger partial charge in [0.2, 0.25) is 0 Å². The van der Waals surface area contributed by atoms with Crippen LogP contribution in [0.2, 0.25) is 0 Å². The summed E-state index contributed by atoms with van der Waals surface area (Å²) in [6.07, 6.45) is 2.61. The Morgan fingerprint density at radius 2 is 2.33 bits per heavy atom. The summed E-state index contributed by atoms with van der Waals surface area (Å²) in [5.41, 5.74) is 0. The number of hydrogen-bond donors (Lipinski definition) is 0. The van der Waals surface area contributed by atoms with Crippen LogP contribution in [0.3, 0.4) is 0 Å². The standard InChI is InChI=1S/C10H17NO/c1-4-6-11-7-5-10(12)8(2)9(11)3/h4,8-9H,1,5-7H2,2-3H3. The van der Waals surface area contributed by atoms with E-state index < -0.39 is 0 Å². The largest absolute Gasteiger partial charge is 0.299 e. The van der Waals surface area contributed by atoms with E-state index in [2.05, 4.69) is 18.4 Å². The van der Waals surface area contributed by atoms with E-state index in [0.29, 0.717) is 18.2 Å². The molecule has 0 radical (unpaired) electrons. The maximum Gasteiger partial charge on any atom is 0.138 e. The third kappa shape index (κ3) is 1.75. The summed E-state index contributed by atoms with van der Waals surface area (Å²) in [5.74, 6) is 0.599. The zero-order chi connectivity index (χ0) is 9.14. The number of ketones is 1. The lowest BCUT2D eigenvalue weighted by Crippen LogP contribution is -2.46. The number of rotatable bonds is 2. The number of carbonyl (C=O) groups is 1. The third-order valence-electron chi connectivity index (χ3n) is 2.82. The van der Waals surface area contributed by atoms with Gasteiger partial charge in [-0.2, -0.15) is 0 Å². The van der Waals surface area contributed by atoms with Gasteiger partial charge in [-0.15, -0.1) is 6.58 Å². The van der Waals surface area contributed by atoms with Crippen LogP contribution < -0.4 is 0 Å². The molecule has 1 aliphatic rings. The molecule has 0 N–H and O–H groups in total. The van der Waals surface area contributed by atoms with Crippen LogP contribution in [0.1, 0.15) is 20.3 Å². The average molecular weight is 167 g/mol. The van der Waals surface area contributed by atoms with Crippen LogP contribution in [-0.4, -0.2) is 29.8 Å². The molecule has 1 heterocycles. The summed E-state index contributed by atoms with van der Waals surface area (Å²) in [7, 11) is 0. The van der Waals surface area contributed by atoms with Crippen molar-refractivity contribution in [2.45, 2.75) is 26.3 Å². The molecule has 68 valence electrons. The van der Waals surface area contributed by atoms with E-state index in [-0.39, 0.29) is 5.92 Å². The predicted octanol–water partition coefficient (Wildman–Crippen LogP) is 1.47. The van der Waals surface area contributed by atoms with Crippen LogP contribution in [0.4, 0.5) is 0 Å². The Morgan fingerprint density at radius 1 is 1.67 bits per heavy atom. The summed E-state index contributed by atoms with van der Waals surface area (Å²) < 4.78 is 0. The topological polar surface area (TPSA) is 20.3 Å². The normalized spacial score (nSPS) is 32.0. The third-order valence-corrected chi connectivity index (χ3v) is 2.82. The van der Waals surface area contributed by atoms with E-state index in [9.17, 15) is 4.79 Å². The van der Waals surface area contributed by atoms with Gasteiger partial charge in [-0.3, -0.25) is 9.69 Å². The van der Waals surface area contributed by atoms with Crippen LogP contribution in [0.25, 0.3) is 0 Å². The fourth-order valence-electron chi connectivity index (χ4n) is 1.69. The number of carbonyl (C=O) groups excluding carboxylic acids is 1. The SMILES string of the molecule is C=CCN1CCC(=O)C(C)C1C. The predicted molar refractivity (Wildman–Crippen MR) is 50.0 cm³/mol. The lowest BCUT2D eigenvalue weighted by molar-refractivity contribution is -0.127. The summed E-state index contributed by atoms with van der Waals surface area (Å²) in [6.45, 7) is 9.64. The lowest BCUT2D eigenvalue weighted by atomic mass is 9.91. The lowest BCUT2D eigenvalue weighted by Gasteiger charge is -2.36. The minimum Gasteiger partial charge on any atom is -0.299 e. The average Bonchev–Trinajstić information content (AvgIpc) is 2.07. The highest BCUT2D eigenvalue weighted by molar-refractivity contribution is 5.82. The summed E-state index contributed by atoms with van der Waals surface area (Å²) in [4.78, 5) is 13.6. The van der Waals surface area contributed by atoms with Gasteiger partial charge in [0, 0.05) is 31.5 Å². The molecule has 0 aromatic rings. The molecule has 0 bridgehead atoms. The number of Topliss-reactive ketones (excluding diaryl/α,β-unsaturated/α-hetero) is 1. The van der Waals surface area contributed by atoms with E-state index in [0.717, 1.165) is 13.1 Å². The first-order valence-corrected chi connectivity index (χ1v) is 4.54. The van der Waals surface area contributed by atoms with Crippen LogP contribution in [-0.2, 0) is 4.79 Å². The fraction of sp³-hybridized carbons (Fsp3) is 0.700. The van der Waals surface area contributed by atoms with Gasteiger partial charge in [0.1, 0.15) is 5.78 Å². The molecule has 12 heavy (non-hydrogen) atoms. The van der Waals surface area contributed by atoms with Crippen molar-refractivity contribution in [3.8, 4) is 0 Å². The van der Waals surface area contributed by atoms with Gasteiger partial charge in [-0.25, -0.2) is 0 Å². The van der Waals surface area contributed by atoms with Crippen molar-refractivity contribution in [1.29, 1.82) is 0 Å². The van der Waals surface area contributed by atoms with Crippen LogP contribution >= 0.6 is 0 Å². The maximum atomic E-state index is 11.3. The Labute approximate surface area is 74.2 Å². The molecular formula is C10H17NO. The van der Waals surface area contributed by atoms with E-state index in [1.807, 2.05) is 13.0 Å². The second-order valence-electron chi connectivity index (χ2n) is 3.53. The molecule has 1 rings (SSSR count). The van der Waals surface area contributed by atoms with Crippen molar-refractivity contribution in [2.75, 3.05) is 13.1 Å². The van der Waals surface area contributed by atoms with E-state index in [1.165, 1.54) is 0 Å². The number of hydrogen-bond acceptors (Lipinski definition) is 2. The van der Waals surface area contributed by atoms with Gasteiger partial charge in [-0.05, 0) is 6.92 Å². The highest BCUT2D eigenvalue weighted by Gasteiger charge is 2.29. The molecule has 0 aromatic heterocycles. The molecule has 2 unspecified atom stereocenters. The Morgan fingerprint density at radius 3 is 2.92 bits per heavy atom. The van der Waals surface area contributed by atoms with Gasteiger partial charge < -0.3 is 0 Å². The van der Waals surface area contributed by atoms with Gasteiger partial charge in [0.25, 0.3) is 0 Å². The second-order valence-corrected chi connectivity index (χ2v) is 3.53. The second kappa shape index (κ2) is 3.85. The maximum absolute atomic E-state index is 11.3.